The van der Waals surface area contributed by atoms with Crippen molar-refractivity contribution >= 4 is 35.0 Å². The van der Waals surface area contributed by atoms with Gasteiger partial charge in [0.2, 0.25) is 5.91 Å². The highest BCUT2D eigenvalue weighted by atomic mass is 35.5. The predicted octanol–water partition coefficient (Wildman–Crippen LogP) is 5.01. The molecular weight excluding hydrogens is 423 g/mol. The fourth-order valence-electron chi connectivity index (χ4n) is 2.76. The van der Waals surface area contributed by atoms with Crippen LogP contribution in [0.3, 0.4) is 0 Å². The van der Waals surface area contributed by atoms with Crippen molar-refractivity contribution in [3.05, 3.63) is 63.6 Å². The van der Waals surface area contributed by atoms with Gasteiger partial charge in [-0.25, -0.2) is 0 Å². The molecule has 0 aromatic heterocycles. The van der Waals surface area contributed by atoms with Gasteiger partial charge in [-0.1, -0.05) is 53.0 Å². The number of hydrogen-bond acceptors (Lipinski definition) is 3. The molecule has 1 N–H and O–H groups in total. The number of benzene rings is 2. The van der Waals surface area contributed by atoms with Gasteiger partial charge in [0.25, 0.3) is 5.91 Å². The molecule has 0 spiro atoms. The Hall–Kier alpha value is -2.24. The summed E-state index contributed by atoms with van der Waals surface area (Å²) in [6.45, 7) is 9.44. The number of amides is 2. The highest BCUT2D eigenvalue weighted by Gasteiger charge is 2.28. The highest BCUT2D eigenvalue weighted by Crippen LogP contribution is 2.27. The molecule has 7 heteroatoms. The molecule has 2 rings (SSSR count). The molecule has 1 atom stereocenters. The third kappa shape index (κ3) is 7.22. The Kier molecular flexibility index (Phi) is 8.16. The molecule has 0 heterocycles. The third-order valence-corrected chi connectivity index (χ3v) is 4.91. The molecule has 0 aliphatic heterocycles. The van der Waals surface area contributed by atoms with Crippen molar-refractivity contribution in [1.82, 2.24) is 10.2 Å². The Morgan fingerprint density at radius 1 is 1.10 bits per heavy atom. The van der Waals surface area contributed by atoms with Crippen molar-refractivity contribution in [3.8, 4) is 5.75 Å². The highest BCUT2D eigenvalue weighted by molar-refractivity contribution is 6.35. The van der Waals surface area contributed by atoms with Crippen LogP contribution in [-0.2, 0) is 16.1 Å². The third-order valence-electron chi connectivity index (χ3n) is 4.38. The lowest BCUT2D eigenvalue weighted by molar-refractivity contribution is -0.142. The summed E-state index contributed by atoms with van der Waals surface area (Å²) in [5.41, 5.74) is 1.64. The van der Waals surface area contributed by atoms with Crippen molar-refractivity contribution in [3.63, 3.8) is 0 Å². The van der Waals surface area contributed by atoms with Crippen LogP contribution in [0, 0.1) is 6.92 Å². The quantitative estimate of drug-likeness (QED) is 0.644. The number of nitrogens with zero attached hydrogens (tertiary/aromatic N) is 1. The van der Waals surface area contributed by atoms with Crippen LogP contribution in [0.5, 0.6) is 5.75 Å². The number of carbonyl (C=O) groups excluding carboxylic acids is 2. The number of nitrogens with one attached hydrogen (secondary N) is 1. The van der Waals surface area contributed by atoms with Crippen LogP contribution in [0.1, 0.15) is 38.8 Å². The zero-order valence-electron chi connectivity index (χ0n) is 18.0. The summed E-state index contributed by atoms with van der Waals surface area (Å²) < 4.78 is 5.61. The van der Waals surface area contributed by atoms with Crippen molar-refractivity contribution in [2.24, 2.45) is 0 Å². The molecule has 0 saturated heterocycles. The van der Waals surface area contributed by atoms with Crippen LogP contribution >= 0.6 is 23.2 Å². The molecule has 0 radical (unpaired) electrons. The van der Waals surface area contributed by atoms with Crippen LogP contribution in [0.15, 0.2) is 42.5 Å². The molecule has 0 unspecified atom stereocenters. The Morgan fingerprint density at radius 3 is 2.30 bits per heavy atom. The molecule has 5 nitrogen and oxygen atoms in total. The van der Waals surface area contributed by atoms with E-state index in [0.29, 0.717) is 15.8 Å². The van der Waals surface area contributed by atoms with Crippen molar-refractivity contribution in [2.75, 3.05) is 6.61 Å². The van der Waals surface area contributed by atoms with Gasteiger partial charge in [-0.05, 0) is 58.4 Å². The van der Waals surface area contributed by atoms with Gasteiger partial charge in [-0.2, -0.15) is 0 Å². The van der Waals surface area contributed by atoms with Gasteiger partial charge >= 0.3 is 0 Å². The summed E-state index contributed by atoms with van der Waals surface area (Å²) in [6.07, 6.45) is 0. The SMILES string of the molecule is Cc1ccc(CN(C(=O)COc2ccc(Cl)cc2Cl)[C@@H](C)C(=O)NC(C)(C)C)cc1. The van der Waals surface area contributed by atoms with E-state index in [2.05, 4.69) is 5.32 Å². The minimum absolute atomic E-state index is 0.229. The fraction of sp³-hybridized carbons (Fsp3) is 0.391. The Balaban J connectivity index is 2.18. The van der Waals surface area contributed by atoms with E-state index in [-0.39, 0.29) is 25.0 Å². The predicted molar refractivity (Wildman–Crippen MR) is 121 cm³/mol. The molecule has 2 aromatic carbocycles. The van der Waals surface area contributed by atoms with E-state index < -0.39 is 11.6 Å². The number of ether oxygens (including phenoxy) is 1. The van der Waals surface area contributed by atoms with Gasteiger partial charge in [-0.3, -0.25) is 9.59 Å². The second kappa shape index (κ2) is 10.2. The summed E-state index contributed by atoms with van der Waals surface area (Å²) in [4.78, 5) is 27.3. The van der Waals surface area contributed by atoms with E-state index in [1.54, 1.807) is 25.1 Å². The summed E-state index contributed by atoms with van der Waals surface area (Å²) in [7, 11) is 0. The topological polar surface area (TPSA) is 58.6 Å². The Morgan fingerprint density at radius 2 is 1.73 bits per heavy atom. The normalized spacial score (nSPS) is 12.2. The number of aryl methyl sites for hydroxylation is 1. The maximum absolute atomic E-state index is 13.0. The lowest BCUT2D eigenvalue weighted by Gasteiger charge is -2.31. The van der Waals surface area contributed by atoms with E-state index in [4.69, 9.17) is 27.9 Å². The molecule has 0 saturated carbocycles. The number of hydrogen-bond donors (Lipinski definition) is 1. The lowest BCUT2D eigenvalue weighted by atomic mass is 10.1. The first kappa shape index (κ1) is 24.0. The smallest absolute Gasteiger partial charge is 0.261 e. The molecule has 0 aliphatic rings. The molecular formula is C23H28Cl2N2O3. The molecule has 0 fully saturated rings. The van der Waals surface area contributed by atoms with E-state index >= 15 is 0 Å². The van der Waals surface area contributed by atoms with Gasteiger partial charge in [0.15, 0.2) is 6.61 Å². The maximum Gasteiger partial charge on any atom is 0.261 e. The first-order valence-corrected chi connectivity index (χ1v) is 10.5. The maximum atomic E-state index is 13.0. The van der Waals surface area contributed by atoms with Gasteiger partial charge in [0.05, 0.1) is 5.02 Å². The molecule has 30 heavy (non-hydrogen) atoms. The van der Waals surface area contributed by atoms with Crippen molar-refractivity contribution in [2.45, 2.75) is 52.7 Å². The second-order valence-corrected chi connectivity index (χ2v) is 9.13. The zero-order chi connectivity index (χ0) is 22.5. The van der Waals surface area contributed by atoms with Crippen molar-refractivity contribution in [1.29, 1.82) is 0 Å². The molecule has 162 valence electrons. The molecule has 2 amide bonds. The van der Waals surface area contributed by atoms with E-state index in [1.165, 1.54) is 4.90 Å². The zero-order valence-corrected chi connectivity index (χ0v) is 19.5. The average molecular weight is 451 g/mol. The number of carbonyl (C=O) groups is 2. The van der Waals surface area contributed by atoms with Gasteiger partial charge in [-0.15, -0.1) is 0 Å². The first-order chi connectivity index (χ1) is 14.0. The minimum Gasteiger partial charge on any atom is -0.482 e. The van der Waals surface area contributed by atoms with Crippen LogP contribution in [-0.4, -0.2) is 34.9 Å². The van der Waals surface area contributed by atoms with Crippen LogP contribution in [0.4, 0.5) is 0 Å². The van der Waals surface area contributed by atoms with E-state index in [0.717, 1.165) is 11.1 Å². The van der Waals surface area contributed by atoms with Crippen LogP contribution < -0.4 is 10.1 Å². The summed E-state index contributed by atoms with van der Waals surface area (Å²) in [5, 5.41) is 3.73. The van der Waals surface area contributed by atoms with Gasteiger partial charge in [0.1, 0.15) is 11.8 Å². The largest absolute Gasteiger partial charge is 0.482 e. The molecule has 2 aromatic rings. The van der Waals surface area contributed by atoms with Gasteiger partial charge < -0.3 is 15.0 Å². The van der Waals surface area contributed by atoms with Crippen molar-refractivity contribution < 1.29 is 14.3 Å². The Labute approximate surface area is 188 Å². The summed E-state index contributed by atoms with van der Waals surface area (Å²) in [6, 6.07) is 12.0. The fourth-order valence-corrected chi connectivity index (χ4v) is 3.22. The molecule has 0 bridgehead atoms. The monoisotopic (exact) mass is 450 g/mol. The minimum atomic E-state index is -0.678. The van der Waals surface area contributed by atoms with Crippen LogP contribution in [0.2, 0.25) is 10.0 Å². The average Bonchev–Trinajstić information content (AvgIpc) is 2.64. The lowest BCUT2D eigenvalue weighted by Crippen LogP contribution is -2.53. The summed E-state index contributed by atoms with van der Waals surface area (Å²) >= 11 is 12.0. The summed E-state index contributed by atoms with van der Waals surface area (Å²) in [5.74, 6) is -0.192. The van der Waals surface area contributed by atoms with E-state index in [1.807, 2.05) is 52.0 Å². The van der Waals surface area contributed by atoms with Crippen LogP contribution in [0.25, 0.3) is 0 Å². The van der Waals surface area contributed by atoms with E-state index in [9.17, 15) is 9.59 Å². The Bertz CT molecular complexity index is 892. The number of halogens is 2. The second-order valence-electron chi connectivity index (χ2n) is 8.29. The first-order valence-electron chi connectivity index (χ1n) is 9.71. The van der Waals surface area contributed by atoms with Gasteiger partial charge in [0, 0.05) is 17.1 Å². The molecule has 0 aliphatic carbocycles. The standard InChI is InChI=1S/C23H28Cl2N2O3/c1-15-6-8-17(9-7-15)13-27(16(2)22(29)26-23(3,4)5)21(28)14-30-20-11-10-18(24)12-19(20)25/h6-12,16H,13-14H2,1-5H3,(H,26,29)/t16-/m0/s1. The number of rotatable bonds is 7.